The minimum atomic E-state index is 1.07. The molecule has 18 heavy (non-hydrogen) atoms. The van der Waals surface area contributed by atoms with Crippen LogP contribution in [0.2, 0.25) is 0 Å². The quantitative estimate of drug-likeness (QED) is 0.649. The zero-order chi connectivity index (χ0) is 11.9. The molecule has 0 saturated heterocycles. The molecule has 0 fully saturated rings. The lowest BCUT2D eigenvalue weighted by atomic mass is 10.1. The number of para-hydroxylation sites is 1. The Morgan fingerprint density at radius 2 is 2.00 bits per heavy atom. The van der Waals surface area contributed by atoms with Gasteiger partial charge in [-0.05, 0) is 31.4 Å². The Balaban J connectivity index is 2.15. The molecular formula is C15H13N3. The van der Waals surface area contributed by atoms with Crippen molar-refractivity contribution in [2.45, 2.75) is 19.3 Å². The van der Waals surface area contributed by atoms with Crippen LogP contribution in [0.25, 0.3) is 16.6 Å². The highest BCUT2D eigenvalue weighted by molar-refractivity contribution is 5.89. The van der Waals surface area contributed by atoms with E-state index in [2.05, 4.69) is 23.3 Å². The number of fused-ring (bicyclic) bond motifs is 2. The van der Waals surface area contributed by atoms with E-state index in [1.807, 2.05) is 29.2 Å². The average Bonchev–Trinajstić information content (AvgIpc) is 3.06. The fourth-order valence-corrected chi connectivity index (χ4v) is 2.85. The van der Waals surface area contributed by atoms with Gasteiger partial charge in [0.1, 0.15) is 0 Å². The minimum absolute atomic E-state index is 1.07. The molecule has 0 N–H and O–H groups in total. The van der Waals surface area contributed by atoms with E-state index < -0.39 is 0 Å². The zero-order valence-corrected chi connectivity index (χ0v) is 10.0. The van der Waals surface area contributed by atoms with E-state index in [-0.39, 0.29) is 0 Å². The van der Waals surface area contributed by atoms with Crippen LogP contribution < -0.4 is 0 Å². The first-order chi connectivity index (χ1) is 8.93. The number of nitrogens with zero attached hydrogens (tertiary/aromatic N) is 3. The van der Waals surface area contributed by atoms with Crippen LogP contribution in [0.4, 0.5) is 0 Å². The summed E-state index contributed by atoms with van der Waals surface area (Å²) in [4.78, 5) is 4.79. The Morgan fingerprint density at radius 3 is 2.89 bits per heavy atom. The maximum atomic E-state index is 4.79. The molecule has 0 amide bonds. The van der Waals surface area contributed by atoms with Crippen LogP contribution in [0.1, 0.15) is 17.7 Å². The molecular weight excluding hydrogens is 222 g/mol. The Morgan fingerprint density at radius 1 is 1.06 bits per heavy atom. The van der Waals surface area contributed by atoms with Gasteiger partial charge in [0.2, 0.25) is 0 Å². The van der Waals surface area contributed by atoms with Crippen molar-refractivity contribution in [3.05, 3.63) is 54.0 Å². The van der Waals surface area contributed by atoms with Gasteiger partial charge in [0, 0.05) is 29.0 Å². The molecule has 88 valence electrons. The van der Waals surface area contributed by atoms with Crippen LogP contribution in [-0.4, -0.2) is 14.8 Å². The first-order valence-corrected chi connectivity index (χ1v) is 6.34. The summed E-state index contributed by atoms with van der Waals surface area (Å²) in [5, 5.41) is 5.60. The second-order valence-corrected chi connectivity index (χ2v) is 4.71. The molecule has 1 aliphatic rings. The molecule has 3 heteroatoms. The molecule has 4 rings (SSSR count). The summed E-state index contributed by atoms with van der Waals surface area (Å²) in [6, 6.07) is 10.3. The highest BCUT2D eigenvalue weighted by atomic mass is 15.3. The lowest BCUT2D eigenvalue weighted by Crippen LogP contribution is -2.03. The molecule has 0 spiro atoms. The molecule has 1 aromatic carbocycles. The molecule has 0 saturated carbocycles. The number of aryl methyl sites for hydroxylation is 1. The monoisotopic (exact) mass is 235 g/mol. The van der Waals surface area contributed by atoms with Crippen LogP contribution in [-0.2, 0) is 12.8 Å². The minimum Gasteiger partial charge on any atom is -0.252 e. The normalized spacial score (nSPS) is 14.0. The maximum absolute atomic E-state index is 4.79. The second kappa shape index (κ2) is 3.67. The molecule has 2 heterocycles. The number of pyridine rings is 1. The van der Waals surface area contributed by atoms with Crippen molar-refractivity contribution in [2.24, 2.45) is 0 Å². The third kappa shape index (κ3) is 1.30. The van der Waals surface area contributed by atoms with E-state index in [1.54, 1.807) is 0 Å². The highest BCUT2D eigenvalue weighted by Gasteiger charge is 2.20. The van der Waals surface area contributed by atoms with Gasteiger partial charge in [-0.3, -0.25) is 4.98 Å². The number of hydrogen-bond acceptors (Lipinski definition) is 2. The van der Waals surface area contributed by atoms with Gasteiger partial charge < -0.3 is 0 Å². The van der Waals surface area contributed by atoms with Gasteiger partial charge in [-0.15, -0.1) is 0 Å². The molecule has 0 bridgehead atoms. The third-order valence-electron chi connectivity index (χ3n) is 3.62. The largest absolute Gasteiger partial charge is 0.252 e. The predicted octanol–water partition coefficient (Wildman–Crippen LogP) is 2.91. The molecule has 0 atom stereocenters. The first kappa shape index (κ1) is 9.83. The average molecular weight is 235 g/mol. The highest BCUT2D eigenvalue weighted by Crippen LogP contribution is 2.32. The van der Waals surface area contributed by atoms with Crippen molar-refractivity contribution in [3.63, 3.8) is 0 Å². The van der Waals surface area contributed by atoms with E-state index in [9.17, 15) is 0 Å². The fraction of sp³-hybridized carbons (Fsp3) is 0.200. The smallest absolute Gasteiger partial charge is 0.0789 e. The fourth-order valence-electron chi connectivity index (χ4n) is 2.85. The van der Waals surface area contributed by atoms with Crippen LogP contribution in [0.5, 0.6) is 0 Å². The molecule has 1 aliphatic carbocycles. The maximum Gasteiger partial charge on any atom is 0.0789 e. The Hall–Kier alpha value is -2.16. The van der Waals surface area contributed by atoms with Gasteiger partial charge in [-0.2, -0.15) is 5.10 Å². The number of aromatic nitrogens is 3. The van der Waals surface area contributed by atoms with Crippen LogP contribution in [0.3, 0.4) is 0 Å². The molecule has 0 aliphatic heterocycles. The Labute approximate surface area is 105 Å². The zero-order valence-electron chi connectivity index (χ0n) is 10.0. The van der Waals surface area contributed by atoms with Gasteiger partial charge >= 0.3 is 0 Å². The molecule has 0 radical (unpaired) electrons. The molecule has 2 aromatic heterocycles. The van der Waals surface area contributed by atoms with E-state index in [0.717, 1.165) is 18.4 Å². The van der Waals surface area contributed by atoms with E-state index in [0.29, 0.717) is 0 Å². The van der Waals surface area contributed by atoms with Gasteiger partial charge in [-0.25, -0.2) is 4.68 Å². The summed E-state index contributed by atoms with van der Waals surface area (Å²) in [5.74, 6) is 0. The first-order valence-electron chi connectivity index (χ1n) is 6.34. The van der Waals surface area contributed by atoms with E-state index >= 15 is 0 Å². The van der Waals surface area contributed by atoms with Crippen molar-refractivity contribution in [2.75, 3.05) is 0 Å². The third-order valence-corrected chi connectivity index (χ3v) is 3.62. The van der Waals surface area contributed by atoms with E-state index in [1.165, 1.54) is 28.8 Å². The Bertz CT molecular complexity index is 714. The van der Waals surface area contributed by atoms with E-state index in [4.69, 9.17) is 4.98 Å². The van der Waals surface area contributed by atoms with Gasteiger partial charge in [0.25, 0.3) is 0 Å². The lowest BCUT2D eigenvalue weighted by Gasteiger charge is -2.12. The second-order valence-electron chi connectivity index (χ2n) is 4.71. The van der Waals surface area contributed by atoms with Crippen molar-refractivity contribution < 1.29 is 0 Å². The Kier molecular flexibility index (Phi) is 2.00. The lowest BCUT2D eigenvalue weighted by molar-refractivity contribution is 0.861. The summed E-state index contributed by atoms with van der Waals surface area (Å²) in [7, 11) is 0. The number of hydrogen-bond donors (Lipinski definition) is 0. The summed E-state index contributed by atoms with van der Waals surface area (Å²) < 4.78 is 1.98. The van der Waals surface area contributed by atoms with Gasteiger partial charge in [0.15, 0.2) is 0 Å². The predicted molar refractivity (Wildman–Crippen MR) is 70.9 cm³/mol. The molecule has 3 nitrogen and oxygen atoms in total. The topological polar surface area (TPSA) is 30.7 Å². The summed E-state index contributed by atoms with van der Waals surface area (Å²) in [6.45, 7) is 0. The van der Waals surface area contributed by atoms with Gasteiger partial charge in [0.05, 0.1) is 11.2 Å². The molecule has 3 aromatic rings. The van der Waals surface area contributed by atoms with Crippen molar-refractivity contribution in [3.8, 4) is 5.69 Å². The van der Waals surface area contributed by atoms with Crippen molar-refractivity contribution >= 4 is 10.9 Å². The van der Waals surface area contributed by atoms with Gasteiger partial charge in [-0.1, -0.05) is 18.2 Å². The number of rotatable bonds is 1. The molecule has 0 unspecified atom stereocenters. The van der Waals surface area contributed by atoms with Crippen LogP contribution in [0, 0.1) is 0 Å². The standard InChI is InChI=1S/C15H13N3/c1-2-7-13-11(5-1)15(18-10-4-9-16-18)12-6-3-8-14(12)17-13/h1-2,4-5,7,9-10H,3,6,8H2. The van der Waals surface area contributed by atoms with Crippen molar-refractivity contribution in [1.29, 1.82) is 0 Å². The summed E-state index contributed by atoms with van der Waals surface area (Å²) in [5.41, 5.74) is 4.92. The number of benzene rings is 1. The van der Waals surface area contributed by atoms with Crippen LogP contribution in [0.15, 0.2) is 42.7 Å². The van der Waals surface area contributed by atoms with Crippen molar-refractivity contribution in [1.82, 2.24) is 14.8 Å². The van der Waals surface area contributed by atoms with Crippen LogP contribution >= 0.6 is 0 Å². The summed E-state index contributed by atoms with van der Waals surface area (Å²) in [6.07, 6.45) is 7.25. The summed E-state index contributed by atoms with van der Waals surface area (Å²) >= 11 is 0. The SMILES string of the molecule is c1ccc2c(-n3cccn3)c3c(nc2c1)CCC3.